The maximum absolute atomic E-state index is 12.5. The first kappa shape index (κ1) is 17.0. The third-order valence-electron chi connectivity index (χ3n) is 4.51. The number of hydrogen-bond acceptors (Lipinski definition) is 5. The summed E-state index contributed by atoms with van der Waals surface area (Å²) in [5.74, 6) is 0.976. The van der Waals surface area contributed by atoms with Crippen LogP contribution in [0.25, 0.3) is 11.5 Å². The summed E-state index contributed by atoms with van der Waals surface area (Å²) in [6.45, 7) is 6.29. The van der Waals surface area contributed by atoms with Crippen LogP contribution in [0.15, 0.2) is 33.9 Å². The van der Waals surface area contributed by atoms with E-state index in [1.165, 1.54) is 23.7 Å². The second kappa shape index (κ2) is 7.38. The normalized spacial score (nSPS) is 21.0. The Labute approximate surface area is 146 Å². The maximum atomic E-state index is 12.5. The van der Waals surface area contributed by atoms with Crippen molar-refractivity contribution in [2.75, 3.05) is 5.75 Å². The Hall–Kier alpha value is -1.82. The number of likely N-dealkylation sites (tertiary alicyclic amines) is 1. The Balaban J connectivity index is 1.61. The van der Waals surface area contributed by atoms with Crippen LogP contribution in [-0.4, -0.2) is 38.8 Å². The second-order valence-corrected chi connectivity index (χ2v) is 7.38. The first-order valence-corrected chi connectivity index (χ1v) is 9.37. The molecular formula is C18H23N3O2S. The molecule has 6 heteroatoms. The lowest BCUT2D eigenvalue weighted by molar-refractivity contribution is -0.134. The number of aryl methyl sites for hydroxylation is 1. The van der Waals surface area contributed by atoms with Gasteiger partial charge in [0.05, 0.1) is 5.75 Å². The van der Waals surface area contributed by atoms with Crippen LogP contribution in [0, 0.1) is 6.92 Å². The van der Waals surface area contributed by atoms with E-state index in [1.54, 1.807) is 0 Å². The van der Waals surface area contributed by atoms with E-state index in [2.05, 4.69) is 24.0 Å². The molecule has 0 aliphatic carbocycles. The van der Waals surface area contributed by atoms with Gasteiger partial charge >= 0.3 is 0 Å². The number of hydrogen-bond donors (Lipinski definition) is 0. The van der Waals surface area contributed by atoms with E-state index in [-0.39, 0.29) is 5.91 Å². The lowest BCUT2D eigenvalue weighted by atomic mass is 9.98. The van der Waals surface area contributed by atoms with Crippen molar-refractivity contribution >= 4 is 17.7 Å². The van der Waals surface area contributed by atoms with E-state index in [0.29, 0.717) is 29.0 Å². The minimum atomic E-state index is 0.148. The molecule has 2 atom stereocenters. The van der Waals surface area contributed by atoms with Crippen LogP contribution in [-0.2, 0) is 4.79 Å². The third kappa shape index (κ3) is 3.80. The summed E-state index contributed by atoms with van der Waals surface area (Å²) in [7, 11) is 0. The summed E-state index contributed by atoms with van der Waals surface area (Å²) in [5, 5.41) is 8.56. The summed E-state index contributed by atoms with van der Waals surface area (Å²) in [6, 6.07) is 8.56. The molecule has 5 nitrogen and oxygen atoms in total. The molecule has 2 aromatic rings. The Bertz CT molecular complexity index is 689. The Morgan fingerprint density at radius 3 is 2.54 bits per heavy atom. The lowest BCUT2D eigenvalue weighted by Crippen LogP contribution is -2.48. The SMILES string of the molecule is Cc1ccc(-c2nnc(SCC(=O)N3[C@@H](C)CCC[C@@H]3C)o2)cc1. The minimum absolute atomic E-state index is 0.148. The molecule has 1 fully saturated rings. The van der Waals surface area contributed by atoms with E-state index < -0.39 is 0 Å². The summed E-state index contributed by atoms with van der Waals surface area (Å²) >= 11 is 1.31. The van der Waals surface area contributed by atoms with Crippen LogP contribution in [0.2, 0.25) is 0 Å². The molecule has 0 radical (unpaired) electrons. The van der Waals surface area contributed by atoms with Crippen molar-refractivity contribution in [3.8, 4) is 11.5 Å². The van der Waals surface area contributed by atoms with Gasteiger partial charge < -0.3 is 9.32 Å². The minimum Gasteiger partial charge on any atom is -0.411 e. The van der Waals surface area contributed by atoms with Gasteiger partial charge in [-0.3, -0.25) is 4.79 Å². The van der Waals surface area contributed by atoms with Gasteiger partial charge in [0.15, 0.2) is 0 Å². The fourth-order valence-electron chi connectivity index (χ4n) is 3.19. The van der Waals surface area contributed by atoms with E-state index in [1.807, 2.05) is 36.1 Å². The zero-order chi connectivity index (χ0) is 17.1. The van der Waals surface area contributed by atoms with Crippen LogP contribution in [0.4, 0.5) is 0 Å². The van der Waals surface area contributed by atoms with Crippen molar-refractivity contribution < 1.29 is 9.21 Å². The van der Waals surface area contributed by atoms with Gasteiger partial charge in [-0.25, -0.2) is 0 Å². The highest BCUT2D eigenvalue weighted by Gasteiger charge is 2.29. The largest absolute Gasteiger partial charge is 0.411 e. The number of aromatic nitrogens is 2. The highest BCUT2D eigenvalue weighted by molar-refractivity contribution is 7.99. The summed E-state index contributed by atoms with van der Waals surface area (Å²) in [4.78, 5) is 14.5. The molecule has 24 heavy (non-hydrogen) atoms. The van der Waals surface area contributed by atoms with Gasteiger partial charge in [-0.05, 0) is 52.2 Å². The van der Waals surface area contributed by atoms with Crippen molar-refractivity contribution in [1.82, 2.24) is 15.1 Å². The number of thioether (sulfide) groups is 1. The predicted octanol–water partition coefficient (Wildman–Crippen LogP) is 3.93. The van der Waals surface area contributed by atoms with Crippen LogP contribution < -0.4 is 0 Å². The summed E-state index contributed by atoms with van der Waals surface area (Å²) in [5.41, 5.74) is 2.08. The van der Waals surface area contributed by atoms with Crippen molar-refractivity contribution in [2.45, 2.75) is 57.3 Å². The van der Waals surface area contributed by atoms with Crippen LogP contribution in [0.3, 0.4) is 0 Å². The molecule has 1 aliphatic heterocycles. The van der Waals surface area contributed by atoms with Crippen molar-refractivity contribution in [1.29, 1.82) is 0 Å². The monoisotopic (exact) mass is 345 g/mol. The third-order valence-corrected chi connectivity index (χ3v) is 5.31. The van der Waals surface area contributed by atoms with Gasteiger partial charge in [-0.1, -0.05) is 29.5 Å². The molecule has 0 unspecified atom stereocenters. The van der Waals surface area contributed by atoms with E-state index in [4.69, 9.17) is 4.42 Å². The van der Waals surface area contributed by atoms with Gasteiger partial charge in [-0.2, -0.15) is 0 Å². The van der Waals surface area contributed by atoms with E-state index in [9.17, 15) is 4.79 Å². The van der Waals surface area contributed by atoms with Crippen LogP contribution in [0.5, 0.6) is 0 Å². The number of amides is 1. The van der Waals surface area contributed by atoms with E-state index >= 15 is 0 Å². The van der Waals surface area contributed by atoms with Crippen molar-refractivity contribution in [2.24, 2.45) is 0 Å². The van der Waals surface area contributed by atoms with Gasteiger partial charge in [0.1, 0.15) is 0 Å². The molecule has 2 heterocycles. The number of nitrogens with zero attached hydrogens (tertiary/aromatic N) is 3. The predicted molar refractivity (Wildman–Crippen MR) is 94.8 cm³/mol. The molecule has 1 aromatic carbocycles. The molecule has 0 N–H and O–H groups in total. The lowest BCUT2D eigenvalue weighted by Gasteiger charge is -2.39. The molecule has 1 aliphatic rings. The average Bonchev–Trinajstić information content (AvgIpc) is 3.02. The smallest absolute Gasteiger partial charge is 0.277 e. The quantitative estimate of drug-likeness (QED) is 0.786. The van der Waals surface area contributed by atoms with Crippen molar-refractivity contribution in [3.63, 3.8) is 0 Å². The number of rotatable bonds is 4. The first-order chi connectivity index (χ1) is 11.5. The second-order valence-electron chi connectivity index (χ2n) is 6.46. The van der Waals surface area contributed by atoms with Gasteiger partial charge in [0, 0.05) is 17.6 Å². The number of carbonyl (C=O) groups is 1. The Morgan fingerprint density at radius 2 is 1.88 bits per heavy atom. The first-order valence-electron chi connectivity index (χ1n) is 8.39. The van der Waals surface area contributed by atoms with Crippen LogP contribution in [0.1, 0.15) is 38.7 Å². The summed E-state index contributed by atoms with van der Waals surface area (Å²) in [6.07, 6.45) is 3.36. The Morgan fingerprint density at radius 1 is 1.21 bits per heavy atom. The highest BCUT2D eigenvalue weighted by Crippen LogP contribution is 2.26. The standard InChI is InChI=1S/C18H23N3O2S/c1-12-7-9-15(10-8-12)17-19-20-18(23-17)24-11-16(22)21-13(2)5-4-6-14(21)3/h7-10,13-14H,4-6,11H2,1-3H3/t13-,14-/m0/s1. The number of carbonyl (C=O) groups excluding carboxylic acids is 1. The zero-order valence-electron chi connectivity index (χ0n) is 14.4. The fraction of sp³-hybridized carbons (Fsp3) is 0.500. The zero-order valence-corrected chi connectivity index (χ0v) is 15.2. The average molecular weight is 345 g/mol. The molecule has 1 saturated heterocycles. The van der Waals surface area contributed by atoms with Gasteiger partial charge in [-0.15, -0.1) is 10.2 Å². The fourth-order valence-corrected chi connectivity index (χ4v) is 3.82. The number of benzene rings is 1. The molecule has 3 rings (SSSR count). The van der Waals surface area contributed by atoms with Gasteiger partial charge in [0.2, 0.25) is 11.8 Å². The molecule has 0 saturated carbocycles. The maximum Gasteiger partial charge on any atom is 0.277 e. The molecule has 1 aromatic heterocycles. The number of piperidine rings is 1. The summed E-state index contributed by atoms with van der Waals surface area (Å²) < 4.78 is 5.67. The van der Waals surface area contributed by atoms with Crippen LogP contribution >= 0.6 is 11.8 Å². The highest BCUT2D eigenvalue weighted by atomic mass is 32.2. The molecular weight excluding hydrogens is 322 g/mol. The van der Waals surface area contributed by atoms with Crippen molar-refractivity contribution in [3.05, 3.63) is 29.8 Å². The molecule has 1 amide bonds. The molecule has 0 bridgehead atoms. The topological polar surface area (TPSA) is 59.2 Å². The molecule has 0 spiro atoms. The molecule has 128 valence electrons. The Kier molecular flexibility index (Phi) is 5.23. The van der Waals surface area contributed by atoms with Gasteiger partial charge in [0.25, 0.3) is 5.22 Å². The van der Waals surface area contributed by atoms with E-state index in [0.717, 1.165) is 18.4 Å².